The number of anilines is 3. The van der Waals surface area contributed by atoms with Crippen LogP contribution in [0.15, 0.2) is 34.3 Å². The zero-order valence-corrected chi connectivity index (χ0v) is 16.3. The van der Waals surface area contributed by atoms with E-state index >= 15 is 0 Å². The number of carboxylic acid groups (broad SMARTS) is 1. The molecule has 0 radical (unpaired) electrons. The van der Waals surface area contributed by atoms with E-state index in [1.54, 1.807) is 18.3 Å². The number of aromatic nitrogens is 2. The molecule has 0 saturated carbocycles. The van der Waals surface area contributed by atoms with E-state index < -0.39 is 11.6 Å². The Labute approximate surface area is 166 Å². The predicted octanol–water partition coefficient (Wildman–Crippen LogP) is 3.07. The minimum atomic E-state index is -1.00. The molecule has 1 aromatic carbocycles. The van der Waals surface area contributed by atoms with Gasteiger partial charge in [0.05, 0.1) is 11.2 Å². The molecule has 1 amide bonds. The van der Waals surface area contributed by atoms with Crippen molar-refractivity contribution in [2.45, 2.75) is 35.2 Å². The van der Waals surface area contributed by atoms with Gasteiger partial charge in [0.1, 0.15) is 10.8 Å². The summed E-state index contributed by atoms with van der Waals surface area (Å²) in [4.78, 5) is 22.7. The van der Waals surface area contributed by atoms with E-state index in [9.17, 15) is 4.79 Å². The Morgan fingerprint density at radius 3 is 2.67 bits per heavy atom. The average Bonchev–Trinajstić information content (AvgIpc) is 2.58. The van der Waals surface area contributed by atoms with Crippen LogP contribution in [0.4, 0.5) is 22.1 Å². The van der Waals surface area contributed by atoms with Crippen molar-refractivity contribution in [2.75, 3.05) is 29.5 Å². The van der Waals surface area contributed by atoms with E-state index in [1.807, 2.05) is 13.0 Å². The number of hydrogen-bond donors (Lipinski definition) is 4. The number of rotatable bonds is 4. The monoisotopic (exact) mass is 408 g/mol. The first-order chi connectivity index (χ1) is 12.8. The Balaban J connectivity index is 1.69. The van der Waals surface area contributed by atoms with Gasteiger partial charge in [-0.25, -0.2) is 14.8 Å². The normalized spacial score (nSPS) is 16.1. The standard InChI is InChI=1S/C17H21ClN6O2S/c1-17(23-16(25)26)4-6-24(7-5-17)13-9-21-15(14(20)22-13)27-12-3-2-10(19)8-11(12)18/h2-3,8-9,23H,4-7,19H2,1H3,(H2,20,22)(H,25,26). The minimum absolute atomic E-state index is 0.322. The van der Waals surface area contributed by atoms with Gasteiger partial charge in [-0.15, -0.1) is 0 Å². The molecular weight excluding hydrogens is 388 g/mol. The van der Waals surface area contributed by atoms with Gasteiger partial charge in [-0.2, -0.15) is 0 Å². The molecule has 0 unspecified atom stereocenters. The Morgan fingerprint density at radius 2 is 2.07 bits per heavy atom. The van der Waals surface area contributed by atoms with Gasteiger partial charge in [-0.1, -0.05) is 23.4 Å². The molecule has 1 aliphatic rings. The Hall–Kier alpha value is -2.39. The third-order valence-corrected chi connectivity index (χ3v) is 6.02. The lowest BCUT2D eigenvalue weighted by molar-refractivity contribution is 0.173. The topological polar surface area (TPSA) is 130 Å². The van der Waals surface area contributed by atoms with E-state index in [1.165, 1.54) is 11.8 Å². The van der Waals surface area contributed by atoms with Crippen LogP contribution in [0.3, 0.4) is 0 Å². The van der Waals surface area contributed by atoms with E-state index in [0.29, 0.717) is 53.3 Å². The minimum Gasteiger partial charge on any atom is -0.465 e. The van der Waals surface area contributed by atoms with Crippen molar-refractivity contribution in [3.05, 3.63) is 29.4 Å². The smallest absolute Gasteiger partial charge is 0.405 e. The van der Waals surface area contributed by atoms with Crippen molar-refractivity contribution in [3.63, 3.8) is 0 Å². The number of nitrogens with one attached hydrogen (secondary N) is 1. The third kappa shape index (κ3) is 4.67. The van der Waals surface area contributed by atoms with Crippen molar-refractivity contribution < 1.29 is 9.90 Å². The van der Waals surface area contributed by atoms with E-state index in [4.69, 9.17) is 28.2 Å². The lowest BCUT2D eigenvalue weighted by Crippen LogP contribution is -2.53. The van der Waals surface area contributed by atoms with Gasteiger partial charge >= 0.3 is 6.09 Å². The fourth-order valence-electron chi connectivity index (χ4n) is 2.93. The van der Waals surface area contributed by atoms with Gasteiger partial charge in [-0.3, -0.25) is 0 Å². The van der Waals surface area contributed by atoms with Crippen molar-refractivity contribution in [1.82, 2.24) is 15.3 Å². The second-order valence-electron chi connectivity index (χ2n) is 6.69. The molecule has 2 aromatic rings. The number of piperidine rings is 1. The highest BCUT2D eigenvalue weighted by Gasteiger charge is 2.32. The van der Waals surface area contributed by atoms with Gasteiger partial charge < -0.3 is 26.8 Å². The number of nitrogens with zero attached hydrogens (tertiary/aromatic N) is 3. The maximum Gasteiger partial charge on any atom is 0.405 e. The molecule has 6 N–H and O–H groups in total. The first-order valence-corrected chi connectivity index (χ1v) is 9.57. The van der Waals surface area contributed by atoms with Crippen LogP contribution in [0.1, 0.15) is 19.8 Å². The Kier molecular flexibility index (Phi) is 5.52. The summed E-state index contributed by atoms with van der Waals surface area (Å²) in [6, 6.07) is 5.26. The molecule has 3 rings (SSSR count). The average molecular weight is 409 g/mol. The summed E-state index contributed by atoms with van der Waals surface area (Å²) in [7, 11) is 0. The van der Waals surface area contributed by atoms with Crippen LogP contribution in [-0.4, -0.2) is 39.8 Å². The second-order valence-corrected chi connectivity index (χ2v) is 8.13. The SMILES string of the molecule is CC1(NC(=O)O)CCN(c2cnc(Sc3ccc(N)cc3Cl)c(N)n2)CC1. The number of amides is 1. The number of carbonyl (C=O) groups is 1. The van der Waals surface area contributed by atoms with Crippen LogP contribution < -0.4 is 21.7 Å². The summed E-state index contributed by atoms with van der Waals surface area (Å²) in [5, 5.41) is 12.6. The number of nitrogens with two attached hydrogens (primary N) is 2. The van der Waals surface area contributed by atoms with Crippen molar-refractivity contribution >= 4 is 46.8 Å². The largest absolute Gasteiger partial charge is 0.465 e. The van der Waals surface area contributed by atoms with Crippen LogP contribution in [-0.2, 0) is 0 Å². The van der Waals surface area contributed by atoms with E-state index in [0.717, 1.165) is 4.90 Å². The summed E-state index contributed by atoms with van der Waals surface area (Å²) in [5.74, 6) is 1.00. The predicted molar refractivity (Wildman–Crippen MR) is 107 cm³/mol. The number of benzene rings is 1. The van der Waals surface area contributed by atoms with Gasteiger partial charge in [0.15, 0.2) is 5.82 Å². The molecule has 0 atom stereocenters. The van der Waals surface area contributed by atoms with Crippen LogP contribution in [0.2, 0.25) is 5.02 Å². The molecule has 10 heteroatoms. The van der Waals surface area contributed by atoms with Crippen molar-refractivity contribution in [3.8, 4) is 0 Å². The lowest BCUT2D eigenvalue weighted by Gasteiger charge is -2.39. The molecule has 1 saturated heterocycles. The van der Waals surface area contributed by atoms with Gasteiger partial charge in [0.2, 0.25) is 0 Å². The highest BCUT2D eigenvalue weighted by Crippen LogP contribution is 2.36. The molecule has 0 bridgehead atoms. The summed E-state index contributed by atoms with van der Waals surface area (Å²) >= 11 is 7.53. The Bertz CT molecular complexity index is 857. The maximum absolute atomic E-state index is 10.9. The van der Waals surface area contributed by atoms with E-state index in [-0.39, 0.29) is 0 Å². The third-order valence-electron chi connectivity index (χ3n) is 4.51. The van der Waals surface area contributed by atoms with Crippen LogP contribution >= 0.6 is 23.4 Å². The van der Waals surface area contributed by atoms with Crippen molar-refractivity contribution in [1.29, 1.82) is 0 Å². The first kappa shape index (κ1) is 19.4. The molecule has 0 spiro atoms. The fourth-order valence-corrected chi connectivity index (χ4v) is 3.99. The zero-order chi connectivity index (χ0) is 19.6. The molecule has 27 heavy (non-hydrogen) atoms. The number of nitrogen functional groups attached to an aromatic ring is 2. The highest BCUT2D eigenvalue weighted by atomic mass is 35.5. The maximum atomic E-state index is 10.9. The molecular formula is C17H21ClN6O2S. The van der Waals surface area contributed by atoms with Crippen LogP contribution in [0.5, 0.6) is 0 Å². The summed E-state index contributed by atoms with van der Waals surface area (Å²) in [6.07, 6.45) is 2.03. The quantitative estimate of drug-likeness (QED) is 0.567. The van der Waals surface area contributed by atoms with Gasteiger partial charge in [0.25, 0.3) is 0 Å². The molecule has 8 nitrogen and oxygen atoms in total. The fraction of sp³-hybridized carbons (Fsp3) is 0.353. The first-order valence-electron chi connectivity index (χ1n) is 8.37. The zero-order valence-electron chi connectivity index (χ0n) is 14.8. The molecule has 2 heterocycles. The molecule has 0 aliphatic carbocycles. The van der Waals surface area contributed by atoms with Crippen molar-refractivity contribution in [2.24, 2.45) is 0 Å². The molecule has 144 valence electrons. The Morgan fingerprint density at radius 1 is 1.37 bits per heavy atom. The summed E-state index contributed by atoms with van der Waals surface area (Å²) in [6.45, 7) is 3.25. The summed E-state index contributed by atoms with van der Waals surface area (Å²) < 4.78 is 0. The van der Waals surface area contributed by atoms with Crippen LogP contribution in [0, 0.1) is 0 Å². The molecule has 1 fully saturated rings. The van der Waals surface area contributed by atoms with Gasteiger partial charge in [-0.05, 0) is 38.0 Å². The summed E-state index contributed by atoms with van der Waals surface area (Å²) in [5.41, 5.74) is 12.0. The molecule has 1 aliphatic heterocycles. The van der Waals surface area contributed by atoms with Gasteiger partial charge in [0, 0.05) is 29.2 Å². The van der Waals surface area contributed by atoms with E-state index in [2.05, 4.69) is 20.2 Å². The van der Waals surface area contributed by atoms with Crippen LogP contribution in [0.25, 0.3) is 0 Å². The number of hydrogen-bond acceptors (Lipinski definition) is 7. The molecule has 1 aromatic heterocycles. The number of halogens is 1. The lowest BCUT2D eigenvalue weighted by atomic mass is 9.90. The second kappa shape index (κ2) is 7.69. The highest BCUT2D eigenvalue weighted by molar-refractivity contribution is 7.99.